The monoisotopic (exact) mass is 428 g/mol. The molecule has 1 aliphatic heterocycles. The SMILES string of the molecule is CN=C(NCCN(CCOC)C1CC1)N1CCOC(c2cccc(C(F)(F)F)c2)C1. The lowest BCUT2D eigenvalue weighted by Gasteiger charge is -2.35. The summed E-state index contributed by atoms with van der Waals surface area (Å²) in [4.78, 5) is 8.84. The van der Waals surface area contributed by atoms with Crippen molar-refractivity contribution in [3.05, 3.63) is 35.4 Å². The molecule has 0 bridgehead atoms. The van der Waals surface area contributed by atoms with E-state index in [9.17, 15) is 13.2 Å². The van der Waals surface area contributed by atoms with Gasteiger partial charge in [0, 0.05) is 46.4 Å². The largest absolute Gasteiger partial charge is 0.416 e. The molecule has 1 heterocycles. The number of alkyl halides is 3. The predicted octanol–water partition coefficient (Wildman–Crippen LogP) is 2.76. The molecule has 0 spiro atoms. The molecule has 1 unspecified atom stereocenters. The molecule has 1 N–H and O–H groups in total. The highest BCUT2D eigenvalue weighted by molar-refractivity contribution is 5.80. The first-order valence-corrected chi connectivity index (χ1v) is 10.4. The number of hydrogen-bond donors (Lipinski definition) is 1. The van der Waals surface area contributed by atoms with E-state index in [4.69, 9.17) is 9.47 Å². The van der Waals surface area contributed by atoms with E-state index < -0.39 is 17.8 Å². The summed E-state index contributed by atoms with van der Waals surface area (Å²) in [7, 11) is 3.44. The molecule has 0 aromatic heterocycles. The van der Waals surface area contributed by atoms with Gasteiger partial charge in [0.05, 0.1) is 25.3 Å². The van der Waals surface area contributed by atoms with Gasteiger partial charge < -0.3 is 19.7 Å². The van der Waals surface area contributed by atoms with Gasteiger partial charge in [-0.05, 0) is 30.5 Å². The van der Waals surface area contributed by atoms with Crippen LogP contribution in [0.4, 0.5) is 13.2 Å². The second kappa shape index (κ2) is 10.5. The fraction of sp³-hybridized carbons (Fsp3) is 0.667. The molecule has 1 aromatic rings. The molecule has 0 amide bonds. The zero-order valence-electron chi connectivity index (χ0n) is 17.6. The molecule has 1 saturated heterocycles. The number of nitrogens with one attached hydrogen (secondary N) is 1. The van der Waals surface area contributed by atoms with Crippen molar-refractivity contribution in [1.82, 2.24) is 15.1 Å². The Balaban J connectivity index is 1.55. The molecule has 1 aromatic carbocycles. The number of methoxy groups -OCH3 is 1. The summed E-state index contributed by atoms with van der Waals surface area (Å²) in [6, 6.07) is 6.02. The molecule has 168 valence electrons. The molecule has 3 rings (SSSR count). The van der Waals surface area contributed by atoms with E-state index in [0.717, 1.165) is 31.7 Å². The summed E-state index contributed by atoms with van der Waals surface area (Å²) >= 11 is 0. The third-order valence-electron chi connectivity index (χ3n) is 5.49. The number of ether oxygens (including phenoxy) is 2. The van der Waals surface area contributed by atoms with E-state index >= 15 is 0 Å². The highest BCUT2D eigenvalue weighted by atomic mass is 19.4. The fourth-order valence-electron chi connectivity index (χ4n) is 3.73. The number of halogens is 3. The molecule has 1 aliphatic carbocycles. The number of benzene rings is 1. The average molecular weight is 428 g/mol. The standard InChI is InChI=1S/C21H31F3N4O2/c1-25-20(26-8-9-27(10-12-29-2)18-6-7-18)28-11-13-30-19(15-28)16-4-3-5-17(14-16)21(22,23)24/h3-5,14,18-19H,6-13,15H2,1-2H3,(H,25,26). The number of nitrogens with zero attached hydrogens (tertiary/aromatic N) is 3. The smallest absolute Gasteiger partial charge is 0.383 e. The topological polar surface area (TPSA) is 49.3 Å². The first-order valence-electron chi connectivity index (χ1n) is 10.4. The van der Waals surface area contributed by atoms with Gasteiger partial charge in [-0.1, -0.05) is 12.1 Å². The van der Waals surface area contributed by atoms with Gasteiger partial charge in [0.25, 0.3) is 0 Å². The summed E-state index contributed by atoms with van der Waals surface area (Å²) in [5.41, 5.74) is -0.121. The number of rotatable bonds is 8. The van der Waals surface area contributed by atoms with Crippen LogP contribution >= 0.6 is 0 Å². The molecule has 2 fully saturated rings. The molecule has 30 heavy (non-hydrogen) atoms. The maximum absolute atomic E-state index is 13.0. The summed E-state index contributed by atoms with van der Waals surface area (Å²) in [5.74, 6) is 0.748. The van der Waals surface area contributed by atoms with Crippen LogP contribution in [0.15, 0.2) is 29.3 Å². The maximum Gasteiger partial charge on any atom is 0.416 e. The highest BCUT2D eigenvalue weighted by Crippen LogP contribution is 2.32. The van der Waals surface area contributed by atoms with Crippen LogP contribution in [0.3, 0.4) is 0 Å². The van der Waals surface area contributed by atoms with Crippen molar-refractivity contribution in [2.75, 3.05) is 60.1 Å². The van der Waals surface area contributed by atoms with Gasteiger partial charge in [0.2, 0.25) is 0 Å². The van der Waals surface area contributed by atoms with Gasteiger partial charge in [-0.25, -0.2) is 0 Å². The van der Waals surface area contributed by atoms with E-state index in [1.165, 1.54) is 25.0 Å². The third kappa shape index (κ3) is 6.33. The fourth-order valence-corrected chi connectivity index (χ4v) is 3.73. The van der Waals surface area contributed by atoms with Crippen LogP contribution in [0.1, 0.15) is 30.1 Å². The van der Waals surface area contributed by atoms with Gasteiger partial charge in [-0.2, -0.15) is 13.2 Å². The Morgan fingerprint density at radius 3 is 2.80 bits per heavy atom. The van der Waals surface area contributed by atoms with Gasteiger partial charge in [-0.15, -0.1) is 0 Å². The lowest BCUT2D eigenvalue weighted by molar-refractivity contribution is -0.137. The van der Waals surface area contributed by atoms with E-state index in [1.807, 2.05) is 4.90 Å². The van der Waals surface area contributed by atoms with Gasteiger partial charge >= 0.3 is 6.18 Å². The second-order valence-corrected chi connectivity index (χ2v) is 7.66. The minimum absolute atomic E-state index is 0.427. The van der Waals surface area contributed by atoms with Crippen molar-refractivity contribution in [3.8, 4) is 0 Å². The zero-order chi connectivity index (χ0) is 21.6. The predicted molar refractivity (Wildman–Crippen MR) is 110 cm³/mol. The van der Waals surface area contributed by atoms with Crippen LogP contribution in [0.25, 0.3) is 0 Å². The highest BCUT2D eigenvalue weighted by Gasteiger charge is 2.32. The Hall–Kier alpha value is -1.84. The first kappa shape index (κ1) is 22.8. The van der Waals surface area contributed by atoms with Crippen LogP contribution in [0, 0.1) is 0 Å². The van der Waals surface area contributed by atoms with E-state index in [-0.39, 0.29) is 0 Å². The lowest BCUT2D eigenvalue weighted by atomic mass is 10.0. The van der Waals surface area contributed by atoms with Crippen LogP contribution in [-0.4, -0.2) is 81.9 Å². The average Bonchev–Trinajstić information content (AvgIpc) is 3.58. The Bertz CT molecular complexity index is 710. The molecule has 2 aliphatic rings. The molecular formula is C21H31F3N4O2. The van der Waals surface area contributed by atoms with E-state index in [0.29, 0.717) is 37.9 Å². The maximum atomic E-state index is 13.0. The molecule has 1 saturated carbocycles. The van der Waals surface area contributed by atoms with E-state index in [2.05, 4.69) is 15.2 Å². The molecule has 9 heteroatoms. The van der Waals surface area contributed by atoms with Crippen LogP contribution < -0.4 is 5.32 Å². The van der Waals surface area contributed by atoms with Crippen LogP contribution in [0.2, 0.25) is 0 Å². The molecule has 1 atom stereocenters. The second-order valence-electron chi connectivity index (χ2n) is 7.66. The number of aliphatic imine (C=N–C) groups is 1. The quantitative estimate of drug-likeness (QED) is 0.510. The van der Waals surface area contributed by atoms with Gasteiger partial charge in [0.1, 0.15) is 6.10 Å². The molecule has 6 nitrogen and oxygen atoms in total. The number of guanidine groups is 1. The van der Waals surface area contributed by atoms with Crippen molar-refractivity contribution in [3.63, 3.8) is 0 Å². The van der Waals surface area contributed by atoms with Gasteiger partial charge in [-0.3, -0.25) is 9.89 Å². The minimum Gasteiger partial charge on any atom is -0.383 e. The Kier molecular flexibility index (Phi) is 7.96. The summed E-state index contributed by atoms with van der Waals surface area (Å²) in [5, 5.41) is 3.39. The Morgan fingerprint density at radius 1 is 1.33 bits per heavy atom. The zero-order valence-corrected chi connectivity index (χ0v) is 17.6. The van der Waals surface area contributed by atoms with Crippen LogP contribution in [0.5, 0.6) is 0 Å². The van der Waals surface area contributed by atoms with E-state index in [1.54, 1.807) is 20.2 Å². The van der Waals surface area contributed by atoms with Crippen molar-refractivity contribution in [2.45, 2.75) is 31.2 Å². The van der Waals surface area contributed by atoms with Crippen molar-refractivity contribution >= 4 is 5.96 Å². The number of hydrogen-bond acceptors (Lipinski definition) is 4. The van der Waals surface area contributed by atoms with Gasteiger partial charge in [0.15, 0.2) is 5.96 Å². The van der Waals surface area contributed by atoms with Crippen LogP contribution in [-0.2, 0) is 15.7 Å². The summed E-state index contributed by atoms with van der Waals surface area (Å²) < 4.78 is 50.1. The minimum atomic E-state index is -4.36. The third-order valence-corrected chi connectivity index (χ3v) is 5.49. The van der Waals surface area contributed by atoms with Crippen molar-refractivity contribution in [1.29, 1.82) is 0 Å². The molecule has 0 radical (unpaired) electrons. The Morgan fingerprint density at radius 2 is 2.13 bits per heavy atom. The normalized spacial score (nSPS) is 20.7. The first-order chi connectivity index (χ1) is 14.4. The number of morpholine rings is 1. The molecular weight excluding hydrogens is 397 g/mol. The Labute approximate surface area is 176 Å². The summed E-state index contributed by atoms with van der Waals surface area (Å²) in [6.45, 7) is 4.81. The lowest BCUT2D eigenvalue weighted by Crippen LogP contribution is -2.49. The van der Waals surface area contributed by atoms with Crippen molar-refractivity contribution < 1.29 is 22.6 Å². The summed E-state index contributed by atoms with van der Waals surface area (Å²) in [6.07, 6.45) is -2.32. The van der Waals surface area contributed by atoms with Crippen molar-refractivity contribution in [2.24, 2.45) is 4.99 Å².